The van der Waals surface area contributed by atoms with Crippen molar-refractivity contribution in [3.63, 3.8) is 0 Å². The smallest absolute Gasteiger partial charge is 0.406 e. The van der Waals surface area contributed by atoms with Gasteiger partial charge in [0.2, 0.25) is 0 Å². The Morgan fingerprint density at radius 1 is 1.21 bits per heavy atom. The van der Waals surface area contributed by atoms with Crippen LogP contribution in [0.2, 0.25) is 0 Å². The van der Waals surface area contributed by atoms with Gasteiger partial charge in [-0.2, -0.15) is 0 Å². The van der Waals surface area contributed by atoms with Crippen molar-refractivity contribution in [2.24, 2.45) is 0 Å². The second-order valence-electron chi connectivity index (χ2n) is 6.29. The fourth-order valence-electron chi connectivity index (χ4n) is 2.82. The summed E-state index contributed by atoms with van der Waals surface area (Å²) in [5.41, 5.74) is 0.652. The summed E-state index contributed by atoms with van der Waals surface area (Å²) in [5.74, 6) is -0.272. The molecule has 158 valence electrons. The van der Waals surface area contributed by atoms with Crippen molar-refractivity contribution >= 4 is 35.9 Å². The number of anilines is 1. The number of hydrogen-bond donors (Lipinski definition) is 2. The second-order valence-corrected chi connectivity index (χ2v) is 7.41. The number of alkyl halides is 3. The molecule has 1 fully saturated rings. The molecule has 2 N–H and O–H groups in total. The Morgan fingerprint density at radius 2 is 1.90 bits per heavy atom. The molecule has 2 aromatic rings. The van der Waals surface area contributed by atoms with Crippen molar-refractivity contribution in [2.75, 3.05) is 25.0 Å². The zero-order valence-corrected chi connectivity index (χ0v) is 17.2. The fourth-order valence-corrected chi connectivity index (χ4v) is 3.73. The number of halogens is 4. The molecule has 1 unspecified atom stereocenters. The van der Waals surface area contributed by atoms with Crippen molar-refractivity contribution in [2.45, 2.75) is 29.1 Å². The number of amides is 2. The number of carbonyl (C=O) groups excluding carboxylic acids is 1. The van der Waals surface area contributed by atoms with Crippen molar-refractivity contribution in [3.8, 4) is 5.75 Å². The minimum Gasteiger partial charge on any atom is -0.406 e. The maximum atomic E-state index is 12.6. The number of nitrogens with one attached hydrogen (secondary N) is 2. The summed E-state index contributed by atoms with van der Waals surface area (Å²) < 4.78 is 40.7. The third kappa shape index (κ3) is 6.73. The van der Waals surface area contributed by atoms with Gasteiger partial charge in [-0.15, -0.1) is 25.6 Å². The number of hydrogen-bond acceptors (Lipinski definition) is 4. The van der Waals surface area contributed by atoms with Crippen LogP contribution in [0.5, 0.6) is 5.75 Å². The number of ether oxygens (including phenoxy) is 1. The Hall–Kier alpha value is -2.10. The largest absolute Gasteiger partial charge is 0.573 e. The van der Waals surface area contributed by atoms with Gasteiger partial charge in [-0.1, -0.05) is 23.9 Å². The Balaban J connectivity index is 0.00000300. The summed E-state index contributed by atoms with van der Waals surface area (Å²) in [4.78, 5) is 15.9. The molecule has 0 bridgehead atoms. The molecule has 0 radical (unpaired) electrons. The van der Waals surface area contributed by atoms with E-state index >= 15 is 0 Å². The van der Waals surface area contributed by atoms with Crippen LogP contribution in [0, 0.1) is 0 Å². The van der Waals surface area contributed by atoms with Crippen LogP contribution in [0.1, 0.15) is 6.92 Å². The summed E-state index contributed by atoms with van der Waals surface area (Å²) in [6.45, 7) is 4.11. The van der Waals surface area contributed by atoms with Gasteiger partial charge in [-0.25, -0.2) is 4.79 Å². The van der Waals surface area contributed by atoms with E-state index < -0.39 is 6.36 Å². The SMILES string of the molecule is CC1CNCCN1C(=O)Nc1ccccc1Sc1ccc(OC(F)(F)F)cc1.Cl. The van der Waals surface area contributed by atoms with Crippen molar-refractivity contribution < 1.29 is 22.7 Å². The highest BCUT2D eigenvalue weighted by Crippen LogP contribution is 2.35. The Morgan fingerprint density at radius 3 is 2.55 bits per heavy atom. The Labute approximate surface area is 177 Å². The number of piperazine rings is 1. The summed E-state index contributed by atoms with van der Waals surface area (Å²) in [7, 11) is 0. The average molecular weight is 448 g/mol. The lowest BCUT2D eigenvalue weighted by atomic mass is 10.2. The predicted octanol–water partition coefficient (Wildman–Crippen LogP) is 4.98. The van der Waals surface area contributed by atoms with E-state index in [4.69, 9.17) is 0 Å². The predicted molar refractivity (Wildman–Crippen MR) is 109 cm³/mol. The highest BCUT2D eigenvalue weighted by atomic mass is 35.5. The first-order valence-electron chi connectivity index (χ1n) is 8.73. The molecule has 1 aliphatic rings. The summed E-state index contributed by atoms with van der Waals surface area (Å²) in [6.07, 6.45) is -4.72. The van der Waals surface area contributed by atoms with Gasteiger partial charge >= 0.3 is 12.4 Å². The number of rotatable bonds is 4. The molecule has 29 heavy (non-hydrogen) atoms. The molecule has 2 amide bonds. The molecule has 1 atom stereocenters. The van der Waals surface area contributed by atoms with Crippen LogP contribution in [-0.4, -0.2) is 43.0 Å². The number of nitrogens with zero attached hydrogens (tertiary/aromatic N) is 1. The van der Waals surface area contributed by atoms with Crippen molar-refractivity contribution in [3.05, 3.63) is 48.5 Å². The topological polar surface area (TPSA) is 53.6 Å². The minimum absolute atomic E-state index is 0. The number of benzene rings is 2. The van der Waals surface area contributed by atoms with Gasteiger partial charge in [0.15, 0.2) is 0 Å². The number of urea groups is 1. The van der Waals surface area contributed by atoms with Gasteiger partial charge in [0.25, 0.3) is 0 Å². The van der Waals surface area contributed by atoms with Gasteiger partial charge in [-0.3, -0.25) is 0 Å². The van der Waals surface area contributed by atoms with Crippen molar-refractivity contribution in [1.82, 2.24) is 10.2 Å². The molecule has 0 spiro atoms. The molecule has 0 saturated carbocycles. The first kappa shape index (κ1) is 23.2. The Kier molecular flexibility index (Phi) is 8.06. The van der Waals surface area contributed by atoms with Gasteiger partial charge in [0.05, 0.1) is 5.69 Å². The number of para-hydroxylation sites is 1. The summed E-state index contributed by atoms with van der Waals surface area (Å²) >= 11 is 1.35. The van der Waals surface area contributed by atoms with Crippen LogP contribution in [0.15, 0.2) is 58.3 Å². The van der Waals surface area contributed by atoms with Crippen LogP contribution in [-0.2, 0) is 0 Å². The van der Waals surface area contributed by atoms with Crippen LogP contribution >= 0.6 is 24.2 Å². The highest BCUT2D eigenvalue weighted by Gasteiger charge is 2.31. The zero-order chi connectivity index (χ0) is 20.1. The van der Waals surface area contributed by atoms with Crippen LogP contribution < -0.4 is 15.4 Å². The standard InChI is InChI=1S/C19H20F3N3O2S.ClH/c1-13-12-23-10-11-25(13)18(26)24-16-4-2-3-5-17(16)28-15-8-6-14(7-9-15)27-19(20,21)22;/h2-9,13,23H,10-12H2,1H3,(H,24,26);1H. The highest BCUT2D eigenvalue weighted by molar-refractivity contribution is 7.99. The first-order chi connectivity index (χ1) is 13.3. The normalized spacial score (nSPS) is 16.7. The monoisotopic (exact) mass is 447 g/mol. The van der Waals surface area contributed by atoms with Crippen molar-refractivity contribution in [1.29, 1.82) is 0 Å². The summed E-state index contributed by atoms with van der Waals surface area (Å²) in [6, 6.07) is 12.8. The maximum absolute atomic E-state index is 12.6. The minimum atomic E-state index is -4.72. The van der Waals surface area contributed by atoms with E-state index in [9.17, 15) is 18.0 Å². The van der Waals surface area contributed by atoms with E-state index in [0.29, 0.717) is 12.2 Å². The summed E-state index contributed by atoms with van der Waals surface area (Å²) in [5, 5.41) is 6.18. The molecule has 1 heterocycles. The van der Waals surface area contributed by atoms with E-state index in [-0.39, 0.29) is 30.2 Å². The molecule has 5 nitrogen and oxygen atoms in total. The van der Waals surface area contributed by atoms with Gasteiger partial charge in [-0.05, 0) is 43.3 Å². The van der Waals surface area contributed by atoms with Gasteiger partial charge in [0, 0.05) is 35.5 Å². The molecule has 10 heteroatoms. The number of carbonyl (C=O) groups is 1. The quantitative estimate of drug-likeness (QED) is 0.693. The van der Waals surface area contributed by atoms with Crippen LogP contribution in [0.25, 0.3) is 0 Å². The van der Waals surface area contributed by atoms with E-state index in [0.717, 1.165) is 22.9 Å². The molecule has 1 saturated heterocycles. The first-order valence-corrected chi connectivity index (χ1v) is 9.54. The maximum Gasteiger partial charge on any atom is 0.573 e. The molecule has 2 aromatic carbocycles. The van der Waals surface area contributed by atoms with E-state index in [1.807, 2.05) is 25.1 Å². The molecular formula is C19H21ClF3N3O2S. The molecule has 1 aliphatic heterocycles. The molecule has 0 aromatic heterocycles. The van der Waals surface area contributed by atoms with E-state index in [1.54, 1.807) is 23.1 Å². The Bertz CT molecular complexity index is 821. The van der Waals surface area contributed by atoms with Crippen LogP contribution in [0.4, 0.5) is 23.7 Å². The lowest BCUT2D eigenvalue weighted by molar-refractivity contribution is -0.274. The zero-order valence-electron chi connectivity index (χ0n) is 15.5. The lowest BCUT2D eigenvalue weighted by Crippen LogP contribution is -2.53. The lowest BCUT2D eigenvalue weighted by Gasteiger charge is -2.34. The fraction of sp³-hybridized carbons (Fsp3) is 0.316. The molecular weight excluding hydrogens is 427 g/mol. The van der Waals surface area contributed by atoms with Gasteiger partial charge < -0.3 is 20.3 Å². The van der Waals surface area contributed by atoms with Gasteiger partial charge in [0.1, 0.15) is 5.75 Å². The van der Waals surface area contributed by atoms with Crippen LogP contribution in [0.3, 0.4) is 0 Å². The van der Waals surface area contributed by atoms with E-state index in [1.165, 1.54) is 23.9 Å². The molecule has 0 aliphatic carbocycles. The third-order valence-corrected chi connectivity index (χ3v) is 5.26. The third-order valence-electron chi connectivity index (χ3n) is 4.18. The second kappa shape index (κ2) is 10.1. The molecule has 3 rings (SSSR count). The average Bonchev–Trinajstić information content (AvgIpc) is 2.64. The van der Waals surface area contributed by atoms with E-state index in [2.05, 4.69) is 15.4 Å².